The molecular weight excluding hydrogens is 229 g/mol. The molecule has 3 heteroatoms. The minimum Gasteiger partial charge on any atom is -0.388 e. The van der Waals surface area contributed by atoms with Crippen LogP contribution in [0.2, 0.25) is 0 Å². The molecule has 1 N–H and O–H groups in total. The van der Waals surface area contributed by atoms with E-state index in [1.165, 1.54) is 37.9 Å². The first-order chi connectivity index (χ1) is 8.70. The van der Waals surface area contributed by atoms with E-state index in [0.29, 0.717) is 5.56 Å². The number of aliphatic hydroxyl groups is 1. The Kier molecular flexibility index (Phi) is 4.70. The molecule has 100 valence electrons. The maximum atomic E-state index is 13.1. The summed E-state index contributed by atoms with van der Waals surface area (Å²) in [6.07, 6.45) is 9.19. The molecule has 0 aliphatic heterocycles. The summed E-state index contributed by atoms with van der Waals surface area (Å²) in [6, 6.07) is 1.40. The van der Waals surface area contributed by atoms with E-state index in [0.717, 1.165) is 18.8 Å². The van der Waals surface area contributed by atoms with Crippen molar-refractivity contribution in [3.63, 3.8) is 0 Å². The molecule has 3 atom stereocenters. The molecule has 1 aromatic rings. The van der Waals surface area contributed by atoms with Gasteiger partial charge in [0.25, 0.3) is 0 Å². The number of aliphatic hydroxyl groups excluding tert-OH is 1. The Hall–Kier alpha value is -0.960. The van der Waals surface area contributed by atoms with Crippen LogP contribution in [-0.4, -0.2) is 10.1 Å². The van der Waals surface area contributed by atoms with E-state index in [9.17, 15) is 9.50 Å². The van der Waals surface area contributed by atoms with Gasteiger partial charge in [-0.05, 0) is 30.7 Å². The van der Waals surface area contributed by atoms with E-state index in [1.54, 1.807) is 6.20 Å². The second kappa shape index (κ2) is 6.28. The Bertz CT molecular complexity index is 381. The zero-order valence-corrected chi connectivity index (χ0v) is 11.0. The molecule has 1 aliphatic rings. The van der Waals surface area contributed by atoms with Gasteiger partial charge in [-0.2, -0.15) is 0 Å². The second-order valence-electron chi connectivity index (χ2n) is 5.46. The molecule has 0 spiro atoms. The summed E-state index contributed by atoms with van der Waals surface area (Å²) in [5, 5.41) is 10.3. The van der Waals surface area contributed by atoms with Crippen molar-refractivity contribution in [2.75, 3.05) is 0 Å². The number of hydrogen-bond donors (Lipinski definition) is 1. The number of rotatable bonds is 4. The van der Waals surface area contributed by atoms with Crippen molar-refractivity contribution >= 4 is 0 Å². The van der Waals surface area contributed by atoms with Gasteiger partial charge in [-0.25, -0.2) is 4.39 Å². The third-order valence-corrected chi connectivity index (χ3v) is 4.03. The van der Waals surface area contributed by atoms with Crippen molar-refractivity contribution in [2.24, 2.45) is 11.8 Å². The van der Waals surface area contributed by atoms with E-state index >= 15 is 0 Å². The second-order valence-corrected chi connectivity index (χ2v) is 5.46. The molecule has 0 amide bonds. The molecule has 1 fully saturated rings. The topological polar surface area (TPSA) is 33.1 Å². The standard InChI is InChI=1S/C15H22FNO/c1-2-4-11-5-3-6-12(7-11)15(18)13-8-14(16)10-17-9-13/h8-12,15,18H,2-7H2,1H3/t11-,12-,15-/m0/s1. The number of hydrogen-bond acceptors (Lipinski definition) is 2. The maximum absolute atomic E-state index is 13.1. The Morgan fingerprint density at radius 2 is 2.28 bits per heavy atom. The van der Waals surface area contributed by atoms with Crippen LogP contribution in [0.15, 0.2) is 18.5 Å². The Morgan fingerprint density at radius 1 is 1.44 bits per heavy atom. The number of aromatic nitrogens is 1. The predicted molar refractivity (Wildman–Crippen MR) is 69.5 cm³/mol. The normalized spacial score (nSPS) is 25.9. The molecule has 0 unspecified atom stereocenters. The zero-order valence-electron chi connectivity index (χ0n) is 11.0. The van der Waals surface area contributed by atoms with Gasteiger partial charge in [0.1, 0.15) is 5.82 Å². The van der Waals surface area contributed by atoms with Gasteiger partial charge in [-0.3, -0.25) is 4.98 Å². The number of halogens is 1. The largest absolute Gasteiger partial charge is 0.388 e. The van der Waals surface area contributed by atoms with Crippen molar-refractivity contribution < 1.29 is 9.50 Å². The van der Waals surface area contributed by atoms with Crippen LogP contribution in [0.5, 0.6) is 0 Å². The first-order valence-electron chi connectivity index (χ1n) is 6.99. The van der Waals surface area contributed by atoms with E-state index in [1.807, 2.05) is 0 Å². The molecular formula is C15H22FNO. The minimum absolute atomic E-state index is 0.263. The SMILES string of the molecule is CCC[C@H]1CCC[C@H]([C@H](O)c2cncc(F)c2)C1. The molecule has 1 aliphatic carbocycles. The summed E-state index contributed by atoms with van der Waals surface area (Å²) in [7, 11) is 0. The van der Waals surface area contributed by atoms with Gasteiger partial charge >= 0.3 is 0 Å². The van der Waals surface area contributed by atoms with Crippen LogP contribution >= 0.6 is 0 Å². The highest BCUT2D eigenvalue weighted by Crippen LogP contribution is 2.38. The average Bonchev–Trinajstić information content (AvgIpc) is 2.39. The molecule has 0 bridgehead atoms. The van der Waals surface area contributed by atoms with Crippen molar-refractivity contribution in [2.45, 2.75) is 51.6 Å². The highest BCUT2D eigenvalue weighted by molar-refractivity contribution is 5.14. The fourth-order valence-electron chi connectivity index (χ4n) is 3.15. The maximum Gasteiger partial charge on any atom is 0.141 e. The summed E-state index contributed by atoms with van der Waals surface area (Å²) in [6.45, 7) is 2.20. The first-order valence-corrected chi connectivity index (χ1v) is 6.99. The lowest BCUT2D eigenvalue weighted by Crippen LogP contribution is -2.21. The van der Waals surface area contributed by atoms with Crippen LogP contribution in [0.3, 0.4) is 0 Å². The predicted octanol–water partition coefficient (Wildman–Crippen LogP) is 3.86. The summed E-state index contributed by atoms with van der Waals surface area (Å²) < 4.78 is 13.1. The Morgan fingerprint density at radius 3 is 3.00 bits per heavy atom. The third-order valence-electron chi connectivity index (χ3n) is 4.03. The summed E-state index contributed by atoms with van der Waals surface area (Å²) in [4.78, 5) is 3.82. The van der Waals surface area contributed by atoms with Crippen LogP contribution in [0.1, 0.15) is 57.1 Å². The minimum atomic E-state index is -0.562. The van der Waals surface area contributed by atoms with Crippen LogP contribution in [0.4, 0.5) is 4.39 Å². The average molecular weight is 251 g/mol. The van der Waals surface area contributed by atoms with Crippen LogP contribution in [0.25, 0.3) is 0 Å². The zero-order chi connectivity index (χ0) is 13.0. The van der Waals surface area contributed by atoms with E-state index < -0.39 is 6.10 Å². The van der Waals surface area contributed by atoms with E-state index in [2.05, 4.69) is 11.9 Å². The van der Waals surface area contributed by atoms with Gasteiger partial charge in [0.2, 0.25) is 0 Å². The molecule has 0 radical (unpaired) electrons. The fourth-order valence-corrected chi connectivity index (χ4v) is 3.15. The quantitative estimate of drug-likeness (QED) is 0.881. The Labute approximate surface area is 108 Å². The van der Waals surface area contributed by atoms with Crippen molar-refractivity contribution in [3.05, 3.63) is 29.8 Å². The van der Waals surface area contributed by atoms with Gasteiger partial charge in [-0.15, -0.1) is 0 Å². The van der Waals surface area contributed by atoms with Gasteiger partial charge in [-0.1, -0.05) is 32.6 Å². The molecule has 2 nitrogen and oxygen atoms in total. The summed E-state index contributed by atoms with van der Waals surface area (Å²) in [5.74, 6) is 0.622. The van der Waals surface area contributed by atoms with Gasteiger partial charge < -0.3 is 5.11 Å². The lowest BCUT2D eigenvalue weighted by Gasteiger charge is -2.32. The molecule has 0 aromatic carbocycles. The van der Waals surface area contributed by atoms with Crippen LogP contribution < -0.4 is 0 Å². The lowest BCUT2D eigenvalue weighted by molar-refractivity contribution is 0.0663. The number of pyridine rings is 1. The highest BCUT2D eigenvalue weighted by atomic mass is 19.1. The monoisotopic (exact) mass is 251 g/mol. The third kappa shape index (κ3) is 3.29. The lowest BCUT2D eigenvalue weighted by atomic mass is 9.76. The van der Waals surface area contributed by atoms with Crippen molar-refractivity contribution in [1.82, 2.24) is 4.98 Å². The molecule has 18 heavy (non-hydrogen) atoms. The van der Waals surface area contributed by atoms with Crippen molar-refractivity contribution in [1.29, 1.82) is 0 Å². The molecule has 1 aromatic heterocycles. The van der Waals surface area contributed by atoms with E-state index in [4.69, 9.17) is 0 Å². The molecule has 1 saturated carbocycles. The summed E-state index contributed by atoms with van der Waals surface area (Å²) in [5.41, 5.74) is 0.622. The van der Waals surface area contributed by atoms with Crippen LogP contribution in [0, 0.1) is 17.7 Å². The van der Waals surface area contributed by atoms with Crippen LogP contribution in [-0.2, 0) is 0 Å². The smallest absolute Gasteiger partial charge is 0.141 e. The molecule has 2 rings (SSSR count). The first kappa shape index (κ1) is 13.5. The summed E-state index contributed by atoms with van der Waals surface area (Å²) >= 11 is 0. The molecule has 0 saturated heterocycles. The molecule has 1 heterocycles. The van der Waals surface area contributed by atoms with Crippen molar-refractivity contribution in [3.8, 4) is 0 Å². The van der Waals surface area contributed by atoms with Gasteiger partial charge in [0, 0.05) is 11.8 Å². The van der Waals surface area contributed by atoms with Gasteiger partial charge in [0.15, 0.2) is 0 Å². The Balaban J connectivity index is 2.02. The number of nitrogens with zero attached hydrogens (tertiary/aromatic N) is 1. The van der Waals surface area contributed by atoms with E-state index in [-0.39, 0.29) is 11.7 Å². The van der Waals surface area contributed by atoms with Gasteiger partial charge in [0.05, 0.1) is 12.3 Å². The highest BCUT2D eigenvalue weighted by Gasteiger charge is 2.28. The fraction of sp³-hybridized carbons (Fsp3) is 0.667.